The normalized spacial score (nSPS) is 11.5. The number of unbranched alkanes of at least 4 members (excludes halogenated alkanes) is 2. The first kappa shape index (κ1) is 24.9. The fourth-order valence-electron chi connectivity index (χ4n) is 3.18. The molecule has 0 bridgehead atoms. The van der Waals surface area contributed by atoms with Crippen molar-refractivity contribution in [2.24, 2.45) is 5.92 Å². The maximum absolute atomic E-state index is 12.4. The molecule has 1 atom stereocenters. The number of hydrogen-bond acceptors (Lipinski definition) is 6. The van der Waals surface area contributed by atoms with E-state index in [1.807, 2.05) is 38.1 Å². The molecule has 2 aromatic rings. The molecule has 9 nitrogen and oxygen atoms in total. The van der Waals surface area contributed by atoms with Crippen LogP contribution in [0.4, 0.5) is 0 Å². The lowest BCUT2D eigenvalue weighted by molar-refractivity contribution is -0.154. The van der Waals surface area contributed by atoms with Gasteiger partial charge in [0.1, 0.15) is 11.5 Å². The summed E-state index contributed by atoms with van der Waals surface area (Å²) in [5.74, 6) is -0.0558. The van der Waals surface area contributed by atoms with Gasteiger partial charge in [0, 0.05) is 5.56 Å². The van der Waals surface area contributed by atoms with Crippen LogP contribution >= 0.6 is 0 Å². The van der Waals surface area contributed by atoms with Gasteiger partial charge in [-0.15, -0.1) is 0 Å². The van der Waals surface area contributed by atoms with Crippen LogP contribution in [-0.4, -0.2) is 48.3 Å². The summed E-state index contributed by atoms with van der Waals surface area (Å²) in [4.78, 5) is 35.5. The number of ether oxygens (including phenoxy) is 1. The highest BCUT2D eigenvalue weighted by molar-refractivity contribution is 5.92. The van der Waals surface area contributed by atoms with Crippen LogP contribution in [0.15, 0.2) is 40.8 Å². The monoisotopic (exact) mass is 445 g/mol. The van der Waals surface area contributed by atoms with Crippen LogP contribution < -0.4 is 15.4 Å². The number of rotatable bonds is 14. The standard InChI is InChI=1S/C23H31N3O6/c1-3-5-6-8-18(14-26(30)16-27)22(28)24-15-25-23(29)21-12-11-20(32-21)17-9-7-10-19(13-17)31-4-2/h7,9-13,16,18,30H,3-6,8,14-15H2,1-2H3,(H,24,28)(H,25,29)/t18-/m1/s1. The molecule has 1 aromatic carbocycles. The van der Waals surface area contributed by atoms with E-state index in [4.69, 9.17) is 9.15 Å². The third kappa shape index (κ3) is 7.73. The third-order valence-electron chi connectivity index (χ3n) is 4.83. The summed E-state index contributed by atoms with van der Waals surface area (Å²) in [6, 6.07) is 10.6. The van der Waals surface area contributed by atoms with Crippen molar-refractivity contribution in [3.63, 3.8) is 0 Å². The van der Waals surface area contributed by atoms with Crippen LogP contribution in [0.25, 0.3) is 11.3 Å². The molecule has 0 unspecified atom stereocenters. The summed E-state index contributed by atoms with van der Waals surface area (Å²) >= 11 is 0. The van der Waals surface area contributed by atoms with Gasteiger partial charge in [-0.1, -0.05) is 38.3 Å². The Bertz CT molecular complexity index is 882. The summed E-state index contributed by atoms with van der Waals surface area (Å²) in [6.45, 7) is 4.28. The molecule has 3 N–H and O–H groups in total. The number of nitrogens with one attached hydrogen (secondary N) is 2. The highest BCUT2D eigenvalue weighted by atomic mass is 16.5. The lowest BCUT2D eigenvalue weighted by Crippen LogP contribution is -2.42. The van der Waals surface area contributed by atoms with Crippen molar-refractivity contribution in [3.05, 3.63) is 42.2 Å². The predicted molar refractivity (Wildman–Crippen MR) is 118 cm³/mol. The molecule has 0 aliphatic heterocycles. The molecule has 32 heavy (non-hydrogen) atoms. The molecule has 1 aromatic heterocycles. The molecule has 2 rings (SSSR count). The summed E-state index contributed by atoms with van der Waals surface area (Å²) in [6.07, 6.45) is 3.53. The summed E-state index contributed by atoms with van der Waals surface area (Å²) < 4.78 is 11.1. The number of hydrogen-bond donors (Lipinski definition) is 3. The Balaban J connectivity index is 1.89. The van der Waals surface area contributed by atoms with Gasteiger partial charge in [0.05, 0.1) is 25.7 Å². The average molecular weight is 446 g/mol. The molecule has 1 heterocycles. The molecule has 0 spiro atoms. The van der Waals surface area contributed by atoms with Crippen molar-refractivity contribution >= 4 is 18.2 Å². The topological polar surface area (TPSA) is 121 Å². The molecule has 0 saturated heterocycles. The van der Waals surface area contributed by atoms with Gasteiger partial charge in [0.2, 0.25) is 12.3 Å². The highest BCUT2D eigenvalue weighted by Crippen LogP contribution is 2.25. The van der Waals surface area contributed by atoms with Crippen LogP contribution in [0, 0.1) is 5.92 Å². The molecule has 174 valence electrons. The van der Waals surface area contributed by atoms with Gasteiger partial charge >= 0.3 is 0 Å². The van der Waals surface area contributed by atoms with Crippen LogP contribution in [0.3, 0.4) is 0 Å². The molecule has 3 amide bonds. The maximum Gasteiger partial charge on any atom is 0.288 e. The Morgan fingerprint density at radius 1 is 1.19 bits per heavy atom. The van der Waals surface area contributed by atoms with Crippen LogP contribution in [0.1, 0.15) is 50.1 Å². The van der Waals surface area contributed by atoms with E-state index >= 15 is 0 Å². The quantitative estimate of drug-likeness (QED) is 0.135. The number of carbonyl (C=O) groups is 3. The largest absolute Gasteiger partial charge is 0.494 e. The lowest BCUT2D eigenvalue weighted by Gasteiger charge is -2.19. The number of amides is 3. The molecular formula is C23H31N3O6. The van der Waals surface area contributed by atoms with Gasteiger partial charge in [-0.25, -0.2) is 5.06 Å². The van der Waals surface area contributed by atoms with E-state index in [9.17, 15) is 19.6 Å². The number of nitrogens with zero attached hydrogens (tertiary/aromatic N) is 1. The summed E-state index contributed by atoms with van der Waals surface area (Å²) in [5, 5.41) is 15.1. The number of hydroxylamine groups is 2. The SMILES string of the molecule is CCCCC[C@H](CN(O)C=O)C(=O)NCNC(=O)c1ccc(-c2cccc(OCC)c2)o1. The zero-order valence-corrected chi connectivity index (χ0v) is 18.5. The van der Waals surface area contributed by atoms with Crippen molar-refractivity contribution in [2.45, 2.75) is 39.5 Å². The van der Waals surface area contributed by atoms with Gasteiger partial charge < -0.3 is 19.8 Å². The zero-order valence-electron chi connectivity index (χ0n) is 18.5. The van der Waals surface area contributed by atoms with Crippen molar-refractivity contribution in [1.82, 2.24) is 15.7 Å². The minimum Gasteiger partial charge on any atom is -0.494 e. The minimum absolute atomic E-state index is 0.102. The smallest absolute Gasteiger partial charge is 0.288 e. The summed E-state index contributed by atoms with van der Waals surface area (Å²) in [7, 11) is 0. The second-order valence-corrected chi connectivity index (χ2v) is 7.27. The van der Waals surface area contributed by atoms with E-state index < -0.39 is 11.8 Å². The van der Waals surface area contributed by atoms with E-state index in [0.717, 1.165) is 24.8 Å². The molecule has 0 aliphatic carbocycles. The van der Waals surface area contributed by atoms with E-state index in [2.05, 4.69) is 10.6 Å². The number of benzene rings is 1. The zero-order chi connectivity index (χ0) is 23.3. The second kappa shape index (κ2) is 13.2. The van der Waals surface area contributed by atoms with E-state index in [1.165, 1.54) is 0 Å². The van der Waals surface area contributed by atoms with Gasteiger partial charge in [-0.2, -0.15) is 0 Å². The molecule has 0 fully saturated rings. The van der Waals surface area contributed by atoms with Crippen molar-refractivity contribution in [1.29, 1.82) is 0 Å². The molecule has 0 radical (unpaired) electrons. The Morgan fingerprint density at radius 3 is 2.72 bits per heavy atom. The van der Waals surface area contributed by atoms with Crippen LogP contribution in [-0.2, 0) is 9.59 Å². The minimum atomic E-state index is -0.568. The van der Waals surface area contributed by atoms with E-state index in [0.29, 0.717) is 29.6 Å². The van der Waals surface area contributed by atoms with E-state index in [-0.39, 0.29) is 31.3 Å². The molecule has 0 aliphatic rings. The van der Waals surface area contributed by atoms with Gasteiger partial charge in [0.15, 0.2) is 5.76 Å². The second-order valence-electron chi connectivity index (χ2n) is 7.27. The molecule has 9 heteroatoms. The first-order valence-corrected chi connectivity index (χ1v) is 10.8. The average Bonchev–Trinajstić information content (AvgIpc) is 3.29. The Hall–Kier alpha value is -3.33. The van der Waals surface area contributed by atoms with Crippen molar-refractivity contribution < 1.29 is 28.7 Å². The molecule has 0 saturated carbocycles. The number of furan rings is 1. The number of carbonyl (C=O) groups excluding carboxylic acids is 3. The Labute approximate surface area is 187 Å². The maximum atomic E-state index is 12.4. The molecular weight excluding hydrogens is 414 g/mol. The van der Waals surface area contributed by atoms with Crippen molar-refractivity contribution in [2.75, 3.05) is 19.8 Å². The van der Waals surface area contributed by atoms with Gasteiger partial charge in [-0.05, 0) is 37.6 Å². The third-order valence-corrected chi connectivity index (χ3v) is 4.83. The first-order valence-electron chi connectivity index (χ1n) is 10.8. The van der Waals surface area contributed by atoms with E-state index in [1.54, 1.807) is 12.1 Å². The van der Waals surface area contributed by atoms with Crippen molar-refractivity contribution in [3.8, 4) is 17.1 Å². The Morgan fingerprint density at radius 2 is 2.00 bits per heavy atom. The summed E-state index contributed by atoms with van der Waals surface area (Å²) in [5.41, 5.74) is 0.780. The fraction of sp³-hybridized carbons (Fsp3) is 0.435. The van der Waals surface area contributed by atoms with Gasteiger partial charge in [-0.3, -0.25) is 19.6 Å². The van der Waals surface area contributed by atoms with Crippen LogP contribution in [0.5, 0.6) is 5.75 Å². The first-order chi connectivity index (χ1) is 15.5. The lowest BCUT2D eigenvalue weighted by atomic mass is 10.0. The Kier molecular flexibility index (Phi) is 10.3. The van der Waals surface area contributed by atoms with Crippen LogP contribution in [0.2, 0.25) is 0 Å². The fourth-order valence-corrected chi connectivity index (χ4v) is 3.18. The predicted octanol–water partition coefficient (Wildman–Crippen LogP) is 3.19. The highest BCUT2D eigenvalue weighted by Gasteiger charge is 2.21. The van der Waals surface area contributed by atoms with Gasteiger partial charge in [0.25, 0.3) is 5.91 Å².